The molecule has 0 saturated heterocycles. The average molecular weight is 277 g/mol. The quantitative estimate of drug-likeness (QED) is 0.827. The minimum absolute atomic E-state index is 0.00713. The number of ether oxygens (including phenoxy) is 2. The molecule has 1 aliphatic rings. The molecule has 2 atom stereocenters. The molecule has 0 bridgehead atoms. The average Bonchev–Trinajstić information content (AvgIpc) is 3.01. The minimum atomic E-state index is -0.0725. The van der Waals surface area contributed by atoms with Crippen LogP contribution >= 0.6 is 0 Å². The number of benzene rings is 1. The van der Waals surface area contributed by atoms with Crippen LogP contribution < -0.4 is 10.5 Å². The van der Waals surface area contributed by atoms with Crippen molar-refractivity contribution in [3.8, 4) is 5.75 Å². The zero-order valence-electron chi connectivity index (χ0n) is 12.7. The van der Waals surface area contributed by atoms with E-state index in [2.05, 4.69) is 13.0 Å². The molecule has 0 aromatic heterocycles. The van der Waals surface area contributed by atoms with Crippen LogP contribution in [0.3, 0.4) is 0 Å². The van der Waals surface area contributed by atoms with Crippen LogP contribution in [0.4, 0.5) is 0 Å². The predicted octanol–water partition coefficient (Wildman–Crippen LogP) is 3.68. The van der Waals surface area contributed by atoms with E-state index < -0.39 is 0 Å². The molecule has 0 heterocycles. The highest BCUT2D eigenvalue weighted by atomic mass is 16.5. The summed E-state index contributed by atoms with van der Waals surface area (Å²) >= 11 is 0. The van der Waals surface area contributed by atoms with Crippen LogP contribution in [0.15, 0.2) is 24.3 Å². The normalized spacial score (nSPS) is 18.9. The second kappa shape index (κ2) is 7.65. The fourth-order valence-corrected chi connectivity index (χ4v) is 2.98. The Hall–Kier alpha value is -1.06. The molecule has 1 saturated carbocycles. The van der Waals surface area contributed by atoms with Gasteiger partial charge in [0.05, 0.1) is 13.7 Å². The van der Waals surface area contributed by atoms with E-state index in [1.54, 1.807) is 7.11 Å². The standard InChI is InChI=1S/C17H27NO2/c1-3-15(18)17(20-12-13-8-4-5-9-13)14-10-6-7-11-16(14)19-2/h6-7,10-11,13,15,17H,3-5,8-9,12,18H2,1-2H3. The van der Waals surface area contributed by atoms with Gasteiger partial charge in [-0.2, -0.15) is 0 Å². The molecule has 0 spiro atoms. The smallest absolute Gasteiger partial charge is 0.124 e. The van der Waals surface area contributed by atoms with Crippen LogP contribution in [-0.2, 0) is 4.74 Å². The summed E-state index contributed by atoms with van der Waals surface area (Å²) in [6.45, 7) is 2.92. The lowest BCUT2D eigenvalue weighted by molar-refractivity contribution is 0.0114. The van der Waals surface area contributed by atoms with E-state index in [9.17, 15) is 0 Å². The lowest BCUT2D eigenvalue weighted by Gasteiger charge is -2.26. The third-order valence-corrected chi connectivity index (χ3v) is 4.29. The monoisotopic (exact) mass is 277 g/mol. The van der Waals surface area contributed by atoms with Gasteiger partial charge in [0.2, 0.25) is 0 Å². The first-order chi connectivity index (χ1) is 9.76. The Labute approximate surface area is 122 Å². The van der Waals surface area contributed by atoms with E-state index in [1.165, 1.54) is 25.7 Å². The Kier molecular flexibility index (Phi) is 5.86. The number of rotatable bonds is 7. The SMILES string of the molecule is CCC(N)C(OCC1CCCC1)c1ccccc1OC. The topological polar surface area (TPSA) is 44.5 Å². The molecule has 0 radical (unpaired) electrons. The Balaban J connectivity index is 2.09. The third kappa shape index (κ3) is 3.74. The fourth-order valence-electron chi connectivity index (χ4n) is 2.98. The Morgan fingerprint density at radius 3 is 2.60 bits per heavy atom. The lowest BCUT2D eigenvalue weighted by atomic mass is 9.99. The van der Waals surface area contributed by atoms with Crippen LogP contribution in [0.2, 0.25) is 0 Å². The highest BCUT2D eigenvalue weighted by Crippen LogP contribution is 2.32. The van der Waals surface area contributed by atoms with Crippen molar-refractivity contribution in [2.24, 2.45) is 11.7 Å². The van der Waals surface area contributed by atoms with Gasteiger partial charge in [0.15, 0.2) is 0 Å². The van der Waals surface area contributed by atoms with Gasteiger partial charge >= 0.3 is 0 Å². The second-order valence-electron chi connectivity index (χ2n) is 5.72. The zero-order valence-corrected chi connectivity index (χ0v) is 12.7. The molecule has 3 nitrogen and oxygen atoms in total. The van der Waals surface area contributed by atoms with Gasteiger partial charge in [0.25, 0.3) is 0 Å². The van der Waals surface area contributed by atoms with E-state index in [4.69, 9.17) is 15.2 Å². The van der Waals surface area contributed by atoms with Crippen molar-refractivity contribution in [1.29, 1.82) is 0 Å². The molecule has 1 aromatic carbocycles. The Morgan fingerprint density at radius 1 is 1.25 bits per heavy atom. The molecule has 3 heteroatoms. The molecule has 1 aliphatic carbocycles. The van der Waals surface area contributed by atoms with Crippen LogP contribution in [-0.4, -0.2) is 19.8 Å². The van der Waals surface area contributed by atoms with E-state index >= 15 is 0 Å². The first-order valence-corrected chi connectivity index (χ1v) is 7.76. The molecule has 2 unspecified atom stereocenters. The van der Waals surface area contributed by atoms with Crippen LogP contribution in [0.25, 0.3) is 0 Å². The summed E-state index contributed by atoms with van der Waals surface area (Å²) in [5, 5.41) is 0. The van der Waals surface area contributed by atoms with Crippen molar-refractivity contribution in [2.75, 3.05) is 13.7 Å². The Bertz CT molecular complexity index is 402. The van der Waals surface area contributed by atoms with Crippen LogP contribution in [0.1, 0.15) is 50.7 Å². The number of hydrogen-bond acceptors (Lipinski definition) is 3. The van der Waals surface area contributed by atoms with Gasteiger partial charge in [-0.1, -0.05) is 38.0 Å². The zero-order chi connectivity index (χ0) is 14.4. The van der Waals surface area contributed by atoms with Gasteiger partial charge in [0, 0.05) is 11.6 Å². The summed E-state index contributed by atoms with van der Waals surface area (Å²) in [4.78, 5) is 0. The largest absolute Gasteiger partial charge is 0.496 e. The van der Waals surface area contributed by atoms with Crippen molar-refractivity contribution < 1.29 is 9.47 Å². The summed E-state index contributed by atoms with van der Waals surface area (Å²) < 4.78 is 11.7. The minimum Gasteiger partial charge on any atom is -0.496 e. The van der Waals surface area contributed by atoms with Crippen molar-refractivity contribution >= 4 is 0 Å². The molecule has 1 fully saturated rings. The highest BCUT2D eigenvalue weighted by Gasteiger charge is 2.25. The van der Waals surface area contributed by atoms with Crippen LogP contribution in [0.5, 0.6) is 5.75 Å². The third-order valence-electron chi connectivity index (χ3n) is 4.29. The molecule has 2 rings (SSSR count). The summed E-state index contributed by atoms with van der Waals surface area (Å²) in [5.41, 5.74) is 7.35. The molecular weight excluding hydrogens is 250 g/mol. The number of methoxy groups -OCH3 is 1. The van der Waals surface area contributed by atoms with Gasteiger partial charge in [-0.3, -0.25) is 0 Å². The molecule has 20 heavy (non-hydrogen) atoms. The fraction of sp³-hybridized carbons (Fsp3) is 0.647. The lowest BCUT2D eigenvalue weighted by Crippen LogP contribution is -2.31. The molecular formula is C17H27NO2. The number of hydrogen-bond donors (Lipinski definition) is 1. The summed E-state index contributed by atoms with van der Waals surface area (Å²) in [7, 11) is 1.70. The summed E-state index contributed by atoms with van der Waals surface area (Å²) in [6.07, 6.45) is 6.09. The maximum Gasteiger partial charge on any atom is 0.124 e. The van der Waals surface area contributed by atoms with Crippen molar-refractivity contribution in [2.45, 2.75) is 51.2 Å². The van der Waals surface area contributed by atoms with E-state index in [-0.39, 0.29) is 12.1 Å². The second-order valence-corrected chi connectivity index (χ2v) is 5.72. The maximum absolute atomic E-state index is 6.28. The van der Waals surface area contributed by atoms with Gasteiger partial charge < -0.3 is 15.2 Å². The molecule has 0 amide bonds. The number of para-hydroxylation sites is 1. The van der Waals surface area contributed by atoms with E-state index in [1.807, 2.05) is 18.2 Å². The molecule has 0 aliphatic heterocycles. The van der Waals surface area contributed by atoms with Crippen molar-refractivity contribution in [3.63, 3.8) is 0 Å². The van der Waals surface area contributed by atoms with Gasteiger partial charge in [-0.25, -0.2) is 0 Å². The molecule has 2 N–H and O–H groups in total. The highest BCUT2D eigenvalue weighted by molar-refractivity contribution is 5.35. The number of nitrogens with two attached hydrogens (primary N) is 1. The van der Waals surface area contributed by atoms with Gasteiger partial charge in [-0.15, -0.1) is 0 Å². The Morgan fingerprint density at radius 2 is 1.95 bits per heavy atom. The molecule has 112 valence electrons. The van der Waals surface area contributed by atoms with Gasteiger partial charge in [0.1, 0.15) is 11.9 Å². The van der Waals surface area contributed by atoms with Gasteiger partial charge in [-0.05, 0) is 31.2 Å². The summed E-state index contributed by atoms with van der Waals surface area (Å²) in [6, 6.07) is 8.05. The molecule has 1 aromatic rings. The first kappa shape index (κ1) is 15.3. The van der Waals surface area contributed by atoms with Crippen LogP contribution in [0, 0.1) is 5.92 Å². The maximum atomic E-state index is 6.28. The summed E-state index contributed by atoms with van der Waals surface area (Å²) in [5.74, 6) is 1.57. The first-order valence-electron chi connectivity index (χ1n) is 7.76. The predicted molar refractivity (Wildman–Crippen MR) is 81.9 cm³/mol. The van der Waals surface area contributed by atoms with E-state index in [0.29, 0.717) is 5.92 Å². The van der Waals surface area contributed by atoms with Crippen molar-refractivity contribution in [3.05, 3.63) is 29.8 Å². The van der Waals surface area contributed by atoms with Crippen molar-refractivity contribution in [1.82, 2.24) is 0 Å². The van der Waals surface area contributed by atoms with E-state index in [0.717, 1.165) is 24.3 Å².